The summed E-state index contributed by atoms with van der Waals surface area (Å²) < 4.78 is 0. The van der Waals surface area contributed by atoms with Gasteiger partial charge in [-0.2, -0.15) is 0 Å². The minimum Gasteiger partial charge on any atom is -0.393 e. The molecule has 0 unspecified atom stereocenters. The van der Waals surface area contributed by atoms with Crippen molar-refractivity contribution in [3.8, 4) is 0 Å². The van der Waals surface area contributed by atoms with Crippen LogP contribution < -0.4 is 5.32 Å². The van der Waals surface area contributed by atoms with Crippen LogP contribution in [0.15, 0.2) is 6.20 Å². The Hall–Kier alpha value is -0.870. The molecule has 5 heteroatoms. The average Bonchev–Trinajstić information content (AvgIpc) is 2.16. The fraction of sp³-hybridized carbons (Fsp3) is 0.600. The van der Waals surface area contributed by atoms with Gasteiger partial charge in [0.2, 0.25) is 5.28 Å². The highest BCUT2D eigenvalue weighted by molar-refractivity contribution is 6.28. The van der Waals surface area contributed by atoms with Crippen molar-refractivity contribution in [1.82, 2.24) is 9.97 Å². The van der Waals surface area contributed by atoms with Crippen LogP contribution in [0.3, 0.4) is 0 Å². The molecule has 1 aromatic rings. The van der Waals surface area contributed by atoms with Crippen LogP contribution in [0.4, 0.5) is 5.82 Å². The van der Waals surface area contributed by atoms with Crippen LogP contribution in [0.5, 0.6) is 0 Å². The maximum Gasteiger partial charge on any atom is 0.224 e. The first kappa shape index (κ1) is 10.6. The van der Waals surface area contributed by atoms with E-state index in [9.17, 15) is 0 Å². The van der Waals surface area contributed by atoms with E-state index in [4.69, 9.17) is 16.7 Å². The lowest BCUT2D eigenvalue weighted by Crippen LogP contribution is -2.33. The lowest BCUT2D eigenvalue weighted by atomic mass is 9.82. The average molecular weight is 228 g/mol. The minimum atomic E-state index is -0.105. The monoisotopic (exact) mass is 227 g/mol. The second kappa shape index (κ2) is 4.33. The van der Waals surface area contributed by atoms with Gasteiger partial charge in [-0.25, -0.2) is 9.97 Å². The number of aliphatic hydroxyl groups is 1. The molecule has 4 nitrogen and oxygen atoms in total. The Bertz CT molecular complexity index is 353. The third kappa shape index (κ3) is 2.58. The molecule has 1 aromatic heterocycles. The van der Waals surface area contributed by atoms with Crippen LogP contribution in [0.2, 0.25) is 5.28 Å². The summed E-state index contributed by atoms with van der Waals surface area (Å²) in [6.07, 6.45) is 3.36. The van der Waals surface area contributed by atoms with E-state index in [1.54, 1.807) is 6.20 Å². The van der Waals surface area contributed by atoms with E-state index in [0.717, 1.165) is 30.8 Å². The van der Waals surface area contributed by atoms with Crippen LogP contribution >= 0.6 is 11.6 Å². The third-order valence-electron chi connectivity index (χ3n) is 2.71. The highest BCUT2D eigenvalue weighted by atomic mass is 35.5. The number of rotatable bonds is 3. The van der Waals surface area contributed by atoms with Crippen molar-refractivity contribution in [3.63, 3.8) is 0 Å². The second-order valence-corrected chi connectivity index (χ2v) is 4.38. The maximum absolute atomic E-state index is 9.14. The molecule has 0 aliphatic heterocycles. The quantitative estimate of drug-likeness (QED) is 0.771. The summed E-state index contributed by atoms with van der Waals surface area (Å²) in [6.45, 7) is 2.78. The second-order valence-electron chi connectivity index (χ2n) is 4.04. The highest BCUT2D eigenvalue weighted by Crippen LogP contribution is 2.27. The highest BCUT2D eigenvalue weighted by Gasteiger charge is 2.26. The molecule has 0 atom stereocenters. The molecular formula is C10H14ClN3O. The molecule has 0 amide bonds. The van der Waals surface area contributed by atoms with Crippen molar-refractivity contribution in [2.24, 2.45) is 5.92 Å². The Morgan fingerprint density at radius 1 is 1.60 bits per heavy atom. The third-order valence-corrected chi connectivity index (χ3v) is 2.89. The first-order valence-corrected chi connectivity index (χ1v) is 5.44. The predicted octanol–water partition coefficient (Wildman–Crippen LogP) is 1.62. The van der Waals surface area contributed by atoms with Crippen LogP contribution in [-0.2, 0) is 0 Å². The molecule has 1 fully saturated rings. The Balaban J connectivity index is 1.90. The number of nitrogens with one attached hydrogen (secondary N) is 1. The van der Waals surface area contributed by atoms with Gasteiger partial charge in [-0.1, -0.05) is 0 Å². The van der Waals surface area contributed by atoms with E-state index in [1.807, 2.05) is 6.92 Å². The number of aliphatic hydroxyl groups excluding tert-OH is 1. The van der Waals surface area contributed by atoms with Gasteiger partial charge in [0.05, 0.1) is 6.10 Å². The Morgan fingerprint density at radius 2 is 2.33 bits per heavy atom. The molecule has 1 aliphatic rings. The summed E-state index contributed by atoms with van der Waals surface area (Å²) >= 11 is 5.70. The van der Waals surface area contributed by atoms with Gasteiger partial charge in [-0.05, 0) is 37.3 Å². The lowest BCUT2D eigenvalue weighted by molar-refractivity contribution is 0.0486. The number of hydrogen-bond acceptors (Lipinski definition) is 4. The molecule has 0 aromatic carbocycles. The van der Waals surface area contributed by atoms with E-state index < -0.39 is 0 Å². The molecular weight excluding hydrogens is 214 g/mol. The molecule has 0 radical (unpaired) electrons. The SMILES string of the molecule is Cc1cnc(Cl)nc1NCC1CC(O)C1. The lowest BCUT2D eigenvalue weighted by Gasteiger charge is -2.31. The van der Waals surface area contributed by atoms with Gasteiger partial charge in [0.1, 0.15) is 5.82 Å². The summed E-state index contributed by atoms with van der Waals surface area (Å²) in [5, 5.41) is 12.6. The molecule has 1 saturated carbocycles. The summed E-state index contributed by atoms with van der Waals surface area (Å²) in [4.78, 5) is 7.99. The summed E-state index contributed by atoms with van der Waals surface area (Å²) in [6, 6.07) is 0. The van der Waals surface area contributed by atoms with Crippen molar-refractivity contribution in [2.75, 3.05) is 11.9 Å². The van der Waals surface area contributed by atoms with E-state index in [2.05, 4.69) is 15.3 Å². The van der Waals surface area contributed by atoms with Crippen LogP contribution in [-0.4, -0.2) is 27.7 Å². The molecule has 0 spiro atoms. The summed E-state index contributed by atoms with van der Waals surface area (Å²) in [5.41, 5.74) is 0.985. The molecule has 1 aliphatic carbocycles. The number of aromatic nitrogens is 2. The summed E-state index contributed by atoms with van der Waals surface area (Å²) in [5.74, 6) is 1.34. The topological polar surface area (TPSA) is 58.0 Å². The van der Waals surface area contributed by atoms with E-state index in [-0.39, 0.29) is 11.4 Å². The fourth-order valence-electron chi connectivity index (χ4n) is 1.71. The van der Waals surface area contributed by atoms with Crippen molar-refractivity contribution >= 4 is 17.4 Å². The Kier molecular flexibility index (Phi) is 3.07. The molecule has 15 heavy (non-hydrogen) atoms. The number of anilines is 1. The van der Waals surface area contributed by atoms with Gasteiger partial charge < -0.3 is 10.4 Å². The summed E-state index contributed by atoms with van der Waals surface area (Å²) in [7, 11) is 0. The largest absolute Gasteiger partial charge is 0.393 e. The van der Waals surface area contributed by atoms with Gasteiger partial charge in [-0.3, -0.25) is 0 Å². The number of hydrogen-bond donors (Lipinski definition) is 2. The van der Waals surface area contributed by atoms with Crippen molar-refractivity contribution < 1.29 is 5.11 Å². The van der Waals surface area contributed by atoms with E-state index in [1.165, 1.54) is 0 Å². The predicted molar refractivity (Wildman–Crippen MR) is 59.0 cm³/mol. The zero-order valence-electron chi connectivity index (χ0n) is 8.57. The van der Waals surface area contributed by atoms with Crippen molar-refractivity contribution in [3.05, 3.63) is 17.0 Å². The smallest absolute Gasteiger partial charge is 0.224 e. The van der Waals surface area contributed by atoms with Gasteiger partial charge in [0.25, 0.3) is 0 Å². The fourth-order valence-corrected chi connectivity index (χ4v) is 1.84. The molecule has 2 rings (SSSR count). The van der Waals surface area contributed by atoms with Gasteiger partial charge in [0, 0.05) is 18.3 Å². The maximum atomic E-state index is 9.14. The standard InChI is InChI=1S/C10H14ClN3O/c1-6-4-13-10(11)14-9(6)12-5-7-2-8(15)3-7/h4,7-8,15H,2-3,5H2,1H3,(H,12,13,14). The Morgan fingerprint density at radius 3 is 3.00 bits per heavy atom. The first-order valence-electron chi connectivity index (χ1n) is 5.06. The van der Waals surface area contributed by atoms with Crippen LogP contribution in [0, 0.1) is 12.8 Å². The van der Waals surface area contributed by atoms with Crippen LogP contribution in [0.25, 0.3) is 0 Å². The van der Waals surface area contributed by atoms with Gasteiger partial charge in [-0.15, -0.1) is 0 Å². The number of aryl methyl sites for hydroxylation is 1. The van der Waals surface area contributed by atoms with Gasteiger partial charge >= 0.3 is 0 Å². The van der Waals surface area contributed by atoms with Crippen molar-refractivity contribution in [2.45, 2.75) is 25.9 Å². The van der Waals surface area contributed by atoms with Crippen molar-refractivity contribution in [1.29, 1.82) is 0 Å². The normalized spacial score (nSPS) is 24.7. The molecule has 0 saturated heterocycles. The minimum absolute atomic E-state index is 0.105. The molecule has 82 valence electrons. The Labute approximate surface area is 93.7 Å². The first-order chi connectivity index (χ1) is 7.15. The van der Waals surface area contributed by atoms with Gasteiger partial charge in [0.15, 0.2) is 0 Å². The van der Waals surface area contributed by atoms with Crippen LogP contribution in [0.1, 0.15) is 18.4 Å². The molecule has 1 heterocycles. The number of halogens is 1. The zero-order chi connectivity index (χ0) is 10.8. The zero-order valence-corrected chi connectivity index (χ0v) is 9.33. The molecule has 2 N–H and O–H groups in total. The number of nitrogens with zero attached hydrogens (tertiary/aromatic N) is 2. The van der Waals surface area contributed by atoms with E-state index >= 15 is 0 Å². The molecule has 0 bridgehead atoms. The van der Waals surface area contributed by atoms with E-state index in [0.29, 0.717) is 5.92 Å².